The number of aromatic nitrogens is 1. The number of rotatable bonds is 17. The first kappa shape index (κ1) is 40.3. The number of hydrogen-bond acceptors (Lipinski definition) is 11. The molecular formula is C41H53N3O10S. The van der Waals surface area contributed by atoms with Crippen molar-refractivity contribution in [1.29, 1.82) is 0 Å². The van der Waals surface area contributed by atoms with Gasteiger partial charge in [-0.15, -0.1) is 0 Å². The molecule has 6 rings (SSSR count). The van der Waals surface area contributed by atoms with E-state index in [0.717, 1.165) is 30.2 Å². The van der Waals surface area contributed by atoms with Crippen molar-refractivity contribution in [3.63, 3.8) is 0 Å². The summed E-state index contributed by atoms with van der Waals surface area (Å²) >= 11 is 0. The highest BCUT2D eigenvalue weighted by atomic mass is 32.2. The Bertz CT molecular complexity index is 1980. The zero-order valence-electron chi connectivity index (χ0n) is 32.4. The molecule has 0 radical (unpaired) electrons. The van der Waals surface area contributed by atoms with E-state index in [1.54, 1.807) is 46.2 Å². The molecule has 2 aromatic rings. The van der Waals surface area contributed by atoms with Crippen molar-refractivity contribution in [2.45, 2.75) is 128 Å². The third kappa shape index (κ3) is 9.56. The lowest BCUT2D eigenvalue weighted by Gasteiger charge is -2.29. The van der Waals surface area contributed by atoms with Gasteiger partial charge in [-0.2, -0.15) is 0 Å². The second kappa shape index (κ2) is 16.0. The zero-order valence-corrected chi connectivity index (χ0v) is 33.2. The fraction of sp³-hybridized carbons (Fsp3) is 0.610. The van der Waals surface area contributed by atoms with Crippen LogP contribution in [0.2, 0.25) is 0 Å². The monoisotopic (exact) mass is 779 g/mol. The van der Waals surface area contributed by atoms with Crippen LogP contribution in [0.15, 0.2) is 42.1 Å². The number of pyridine rings is 1. The standard InChI is InChI=1S/C41H53N3O10S/c1-6-28-22-41(28,39(49)43-55(50,51)32-13-14-32)23-35(46)34-21-31(53-37-33-15-12-30(52-5)19-26(33)16-17-42-37)24-44(34)38(48)27(20-36(47)54-40(2,3)4)10-11-29(45)18-25-8-7-9-25/h12,15-19,27-28,31-32,34H,6-11,13-14,20-24H2,1-5H3,(H,43,49)/t27-,28-,31-,34+,41-/m1/s1. The van der Waals surface area contributed by atoms with E-state index in [2.05, 4.69) is 9.71 Å². The summed E-state index contributed by atoms with van der Waals surface area (Å²) in [6.45, 7) is 7.07. The highest BCUT2D eigenvalue weighted by Gasteiger charge is 2.61. The van der Waals surface area contributed by atoms with Crippen LogP contribution in [-0.4, -0.2) is 84.3 Å². The van der Waals surface area contributed by atoms with E-state index in [4.69, 9.17) is 14.2 Å². The number of nitrogens with one attached hydrogen (secondary N) is 1. The van der Waals surface area contributed by atoms with Crippen LogP contribution in [0.3, 0.4) is 0 Å². The van der Waals surface area contributed by atoms with Crippen LogP contribution in [0.4, 0.5) is 0 Å². The molecule has 13 nitrogen and oxygen atoms in total. The number of esters is 1. The highest BCUT2D eigenvalue weighted by molar-refractivity contribution is 7.90. The molecule has 0 unspecified atom stereocenters. The van der Waals surface area contributed by atoms with Crippen molar-refractivity contribution in [2.75, 3.05) is 13.7 Å². The van der Waals surface area contributed by atoms with Gasteiger partial charge in [-0.3, -0.25) is 28.7 Å². The van der Waals surface area contributed by atoms with Crippen molar-refractivity contribution in [1.82, 2.24) is 14.6 Å². The average molecular weight is 780 g/mol. The van der Waals surface area contributed by atoms with Gasteiger partial charge in [0.2, 0.25) is 27.7 Å². The molecule has 1 N–H and O–H groups in total. The third-order valence-electron chi connectivity index (χ3n) is 11.3. The summed E-state index contributed by atoms with van der Waals surface area (Å²) in [5, 5.41) is 0.913. The largest absolute Gasteiger partial charge is 0.497 e. The van der Waals surface area contributed by atoms with E-state index >= 15 is 0 Å². The first-order valence-electron chi connectivity index (χ1n) is 19.4. The van der Waals surface area contributed by atoms with Crippen LogP contribution in [0, 0.1) is 17.3 Å². The molecule has 0 bridgehead atoms. The summed E-state index contributed by atoms with van der Waals surface area (Å²) in [4.78, 5) is 74.7. The van der Waals surface area contributed by atoms with Gasteiger partial charge in [0, 0.05) is 36.8 Å². The number of ketones is 2. The highest BCUT2D eigenvalue weighted by Crippen LogP contribution is 2.58. The summed E-state index contributed by atoms with van der Waals surface area (Å²) in [7, 11) is -2.27. The lowest BCUT2D eigenvalue weighted by atomic mass is 9.89. The fourth-order valence-corrected chi connectivity index (χ4v) is 9.21. The van der Waals surface area contributed by atoms with E-state index < -0.39 is 67.9 Å². The van der Waals surface area contributed by atoms with Crippen molar-refractivity contribution >= 4 is 50.1 Å². The number of ether oxygens (including phenoxy) is 3. The average Bonchev–Trinajstić information content (AvgIpc) is 4.04. The molecule has 3 aliphatic carbocycles. The van der Waals surface area contributed by atoms with E-state index in [9.17, 15) is 32.4 Å². The summed E-state index contributed by atoms with van der Waals surface area (Å²) in [6, 6.07) is 6.23. The maximum Gasteiger partial charge on any atom is 0.307 e. The number of carbonyl (C=O) groups excluding carboxylic acids is 5. The first-order valence-corrected chi connectivity index (χ1v) is 21.0. The topological polar surface area (TPSA) is 175 Å². The quantitative estimate of drug-likeness (QED) is 0.161. The smallest absolute Gasteiger partial charge is 0.307 e. The van der Waals surface area contributed by atoms with Gasteiger partial charge in [-0.1, -0.05) is 18.9 Å². The van der Waals surface area contributed by atoms with Gasteiger partial charge < -0.3 is 19.1 Å². The molecule has 14 heteroatoms. The molecule has 55 heavy (non-hydrogen) atoms. The second-order valence-corrected chi connectivity index (χ2v) is 18.6. The number of methoxy groups -OCH3 is 1. The molecule has 2 heterocycles. The van der Waals surface area contributed by atoms with E-state index in [1.807, 2.05) is 25.1 Å². The van der Waals surface area contributed by atoms with Crippen LogP contribution in [-0.2, 0) is 38.7 Å². The van der Waals surface area contributed by atoms with E-state index in [-0.39, 0.29) is 50.4 Å². The molecule has 1 saturated heterocycles. The summed E-state index contributed by atoms with van der Waals surface area (Å²) in [5.74, 6) is -2.51. The Morgan fingerprint density at radius 3 is 2.47 bits per heavy atom. The Morgan fingerprint density at radius 1 is 1.11 bits per heavy atom. The number of likely N-dealkylation sites (tertiary alicyclic amines) is 1. The Hall–Kier alpha value is -4.33. The van der Waals surface area contributed by atoms with Gasteiger partial charge in [0.05, 0.1) is 36.8 Å². The number of benzene rings is 1. The number of sulfonamides is 1. The SMILES string of the molecule is CC[C@@H]1C[C@]1(CC(=O)[C@@H]1C[C@@H](Oc2nccc3cc(OC)ccc23)CN1C(=O)[C@H](CCC(=O)C=C1CCC1)CC(=O)OC(C)(C)C)C(=O)NS(=O)(=O)C1CC1. The molecule has 4 aliphatic rings. The number of hydrogen-bond donors (Lipinski definition) is 1. The fourth-order valence-electron chi connectivity index (χ4n) is 7.82. The first-order chi connectivity index (χ1) is 26.0. The number of fused-ring (bicyclic) bond motifs is 1. The molecule has 2 amide bonds. The summed E-state index contributed by atoms with van der Waals surface area (Å²) in [6.07, 6.45) is 6.85. The van der Waals surface area contributed by atoms with Gasteiger partial charge >= 0.3 is 5.97 Å². The molecular weight excluding hydrogens is 727 g/mol. The zero-order chi connectivity index (χ0) is 39.7. The third-order valence-corrected chi connectivity index (χ3v) is 13.1. The number of nitrogens with zero attached hydrogens (tertiary/aromatic N) is 2. The summed E-state index contributed by atoms with van der Waals surface area (Å²) in [5.41, 5.74) is -0.953. The summed E-state index contributed by atoms with van der Waals surface area (Å²) < 4.78 is 45.2. The Morgan fingerprint density at radius 2 is 1.85 bits per heavy atom. The van der Waals surface area contributed by atoms with Gasteiger partial charge in [0.1, 0.15) is 17.5 Å². The Balaban J connectivity index is 1.28. The maximum atomic E-state index is 14.6. The van der Waals surface area contributed by atoms with Crippen molar-refractivity contribution in [3.8, 4) is 11.6 Å². The molecule has 1 aliphatic heterocycles. The molecule has 5 atom stereocenters. The predicted molar refractivity (Wildman–Crippen MR) is 203 cm³/mol. The van der Waals surface area contributed by atoms with Gasteiger partial charge in [-0.05, 0) is 107 Å². The van der Waals surface area contributed by atoms with Crippen molar-refractivity contribution < 1.29 is 46.6 Å². The Labute approximate surface area is 323 Å². The maximum absolute atomic E-state index is 14.6. The lowest BCUT2D eigenvalue weighted by Crippen LogP contribution is -2.46. The molecule has 3 saturated carbocycles. The number of Topliss-reactive ketones (excluding diaryl/α,β-unsaturated/α-hetero) is 1. The van der Waals surface area contributed by atoms with Gasteiger partial charge in [0.15, 0.2) is 11.6 Å². The van der Waals surface area contributed by atoms with E-state index in [0.29, 0.717) is 42.7 Å². The van der Waals surface area contributed by atoms with E-state index in [1.165, 1.54) is 4.90 Å². The molecule has 298 valence electrons. The molecule has 4 fully saturated rings. The molecule has 1 aromatic heterocycles. The minimum Gasteiger partial charge on any atom is -0.497 e. The predicted octanol–water partition coefficient (Wildman–Crippen LogP) is 5.38. The molecule has 0 spiro atoms. The normalized spacial score (nSPS) is 24.1. The second-order valence-electron chi connectivity index (χ2n) is 16.6. The van der Waals surface area contributed by atoms with Crippen LogP contribution in [0.25, 0.3) is 10.8 Å². The van der Waals surface area contributed by atoms with Crippen LogP contribution >= 0.6 is 0 Å². The minimum absolute atomic E-state index is 0.0151. The Kier molecular flexibility index (Phi) is 11.8. The van der Waals surface area contributed by atoms with Crippen LogP contribution in [0.1, 0.15) is 105 Å². The number of amides is 2. The number of allylic oxidation sites excluding steroid dienone is 2. The van der Waals surface area contributed by atoms with Gasteiger partial charge in [-0.25, -0.2) is 13.4 Å². The minimum atomic E-state index is -3.85. The number of carbonyl (C=O) groups is 5. The van der Waals surface area contributed by atoms with Crippen molar-refractivity contribution in [2.24, 2.45) is 17.3 Å². The lowest BCUT2D eigenvalue weighted by molar-refractivity contribution is -0.159. The van der Waals surface area contributed by atoms with Crippen molar-refractivity contribution in [3.05, 3.63) is 42.1 Å². The van der Waals surface area contributed by atoms with Gasteiger partial charge in [0.25, 0.3) is 0 Å². The molecule has 1 aromatic carbocycles. The van der Waals surface area contributed by atoms with Crippen LogP contribution in [0.5, 0.6) is 11.6 Å². The van der Waals surface area contributed by atoms with Crippen LogP contribution < -0.4 is 14.2 Å².